The van der Waals surface area contributed by atoms with Crippen LogP contribution in [0.1, 0.15) is 21.5 Å². The molecule has 0 spiro atoms. The number of carboxylic acids is 1. The van der Waals surface area contributed by atoms with Crippen molar-refractivity contribution in [1.82, 2.24) is 0 Å². The highest BCUT2D eigenvalue weighted by atomic mass is 35.5. The molecule has 0 saturated heterocycles. The topological polar surface area (TPSA) is 66.4 Å². The molecule has 22 heavy (non-hydrogen) atoms. The average molecular weight is 334 g/mol. The third kappa shape index (κ3) is 2.71. The minimum absolute atomic E-state index is 0.0640. The van der Waals surface area contributed by atoms with Gasteiger partial charge in [-0.3, -0.25) is 4.79 Å². The molecule has 2 aromatic carbocycles. The van der Waals surface area contributed by atoms with Gasteiger partial charge in [0.2, 0.25) is 0 Å². The van der Waals surface area contributed by atoms with E-state index in [0.717, 1.165) is 0 Å². The number of amides is 1. The standard InChI is InChI=1S/C16H9Cl2NO3/c17-10-1-2-12-13(15(20)19-14(12)7-10)5-8-3-9(16(21)22)6-11(18)4-8/h1-7H,(H,19,20)(H,21,22). The van der Waals surface area contributed by atoms with Gasteiger partial charge < -0.3 is 10.4 Å². The smallest absolute Gasteiger partial charge is 0.335 e. The maximum Gasteiger partial charge on any atom is 0.335 e. The number of carboxylic acid groups (broad SMARTS) is 1. The van der Waals surface area contributed by atoms with E-state index >= 15 is 0 Å². The summed E-state index contributed by atoms with van der Waals surface area (Å²) in [6, 6.07) is 9.51. The van der Waals surface area contributed by atoms with Crippen LogP contribution >= 0.6 is 23.2 Å². The van der Waals surface area contributed by atoms with E-state index in [9.17, 15) is 9.59 Å². The fourth-order valence-electron chi connectivity index (χ4n) is 2.30. The predicted octanol–water partition coefficient (Wildman–Crippen LogP) is 4.18. The lowest BCUT2D eigenvalue weighted by molar-refractivity contribution is -0.110. The van der Waals surface area contributed by atoms with Crippen LogP contribution in [0.2, 0.25) is 10.0 Å². The van der Waals surface area contributed by atoms with Gasteiger partial charge in [0.1, 0.15) is 0 Å². The Morgan fingerprint density at radius 1 is 1.09 bits per heavy atom. The molecule has 0 aromatic heterocycles. The third-order valence-corrected chi connectivity index (χ3v) is 3.70. The minimum atomic E-state index is -1.08. The molecule has 0 bridgehead atoms. The first-order valence-corrected chi connectivity index (χ1v) is 7.06. The van der Waals surface area contributed by atoms with Crippen molar-refractivity contribution >= 4 is 52.4 Å². The highest BCUT2D eigenvalue weighted by molar-refractivity contribution is 6.37. The summed E-state index contributed by atoms with van der Waals surface area (Å²) < 4.78 is 0. The molecule has 0 fully saturated rings. The zero-order chi connectivity index (χ0) is 15.9. The average Bonchev–Trinajstić information content (AvgIpc) is 2.73. The second kappa shape index (κ2) is 5.48. The number of carbonyl (C=O) groups excluding carboxylic acids is 1. The number of fused-ring (bicyclic) bond motifs is 1. The van der Waals surface area contributed by atoms with Crippen LogP contribution in [-0.4, -0.2) is 17.0 Å². The van der Waals surface area contributed by atoms with Gasteiger partial charge in [-0.2, -0.15) is 0 Å². The number of anilines is 1. The highest BCUT2D eigenvalue weighted by Gasteiger charge is 2.24. The summed E-state index contributed by atoms with van der Waals surface area (Å²) in [6.07, 6.45) is 1.60. The summed E-state index contributed by atoms with van der Waals surface area (Å²) in [5.74, 6) is -1.35. The lowest BCUT2D eigenvalue weighted by Gasteiger charge is -2.02. The number of rotatable bonds is 2. The minimum Gasteiger partial charge on any atom is -0.478 e. The molecule has 1 amide bonds. The van der Waals surface area contributed by atoms with Crippen molar-refractivity contribution in [2.45, 2.75) is 0 Å². The number of nitrogens with one attached hydrogen (secondary N) is 1. The van der Waals surface area contributed by atoms with E-state index in [0.29, 0.717) is 32.4 Å². The largest absolute Gasteiger partial charge is 0.478 e. The van der Waals surface area contributed by atoms with E-state index in [1.165, 1.54) is 12.1 Å². The molecule has 4 nitrogen and oxygen atoms in total. The first-order valence-electron chi connectivity index (χ1n) is 6.31. The number of carbonyl (C=O) groups is 2. The van der Waals surface area contributed by atoms with Gasteiger partial charge in [-0.1, -0.05) is 29.3 Å². The fraction of sp³-hybridized carbons (Fsp3) is 0. The fourth-order valence-corrected chi connectivity index (χ4v) is 2.71. The molecule has 2 N–H and O–H groups in total. The zero-order valence-electron chi connectivity index (χ0n) is 11.1. The molecule has 0 atom stereocenters. The number of benzene rings is 2. The molecule has 1 aliphatic heterocycles. The molecular formula is C16H9Cl2NO3. The number of aromatic carboxylic acids is 1. The number of hydrogen-bond acceptors (Lipinski definition) is 2. The summed E-state index contributed by atoms with van der Waals surface area (Å²) in [6.45, 7) is 0. The van der Waals surface area contributed by atoms with E-state index in [1.807, 2.05) is 0 Å². The first-order chi connectivity index (χ1) is 10.4. The molecule has 1 aliphatic rings. The van der Waals surface area contributed by atoms with Gasteiger partial charge >= 0.3 is 5.97 Å². The molecule has 0 radical (unpaired) electrons. The summed E-state index contributed by atoms with van der Waals surface area (Å²) in [5, 5.41) is 12.6. The van der Waals surface area contributed by atoms with Gasteiger partial charge in [-0.25, -0.2) is 4.79 Å². The lowest BCUT2D eigenvalue weighted by Crippen LogP contribution is -2.03. The normalized spacial score (nSPS) is 14.8. The van der Waals surface area contributed by atoms with E-state index in [2.05, 4.69) is 5.32 Å². The summed E-state index contributed by atoms with van der Waals surface area (Å²) in [4.78, 5) is 23.1. The van der Waals surface area contributed by atoms with Gasteiger partial charge in [0.25, 0.3) is 5.91 Å². The Morgan fingerprint density at radius 3 is 2.59 bits per heavy atom. The molecular weight excluding hydrogens is 325 g/mol. The van der Waals surface area contributed by atoms with E-state index in [4.69, 9.17) is 28.3 Å². The van der Waals surface area contributed by atoms with E-state index < -0.39 is 5.97 Å². The Balaban J connectivity index is 2.10. The Hall–Kier alpha value is -2.30. The maximum atomic E-state index is 12.1. The van der Waals surface area contributed by atoms with Crippen LogP contribution in [0.3, 0.4) is 0 Å². The van der Waals surface area contributed by atoms with Crippen LogP contribution in [0, 0.1) is 0 Å². The van der Waals surface area contributed by atoms with Crippen molar-refractivity contribution in [3.05, 3.63) is 63.1 Å². The van der Waals surface area contributed by atoms with Crippen molar-refractivity contribution < 1.29 is 14.7 Å². The van der Waals surface area contributed by atoms with Crippen LogP contribution in [0.5, 0.6) is 0 Å². The molecule has 0 saturated carbocycles. The van der Waals surface area contributed by atoms with E-state index in [-0.39, 0.29) is 11.5 Å². The first kappa shape index (κ1) is 14.6. The summed E-state index contributed by atoms with van der Waals surface area (Å²) in [7, 11) is 0. The quantitative estimate of drug-likeness (QED) is 0.810. The van der Waals surface area contributed by atoms with Crippen molar-refractivity contribution in [1.29, 1.82) is 0 Å². The Bertz CT molecular complexity index is 843. The maximum absolute atomic E-state index is 12.1. The molecule has 6 heteroatoms. The van der Waals surface area contributed by atoms with Gasteiger partial charge in [0, 0.05) is 21.2 Å². The van der Waals surface area contributed by atoms with Crippen LogP contribution in [0.15, 0.2) is 36.4 Å². The molecule has 110 valence electrons. The molecule has 1 heterocycles. The van der Waals surface area contributed by atoms with Crippen LogP contribution in [0.25, 0.3) is 11.6 Å². The molecule has 2 aromatic rings. The Morgan fingerprint density at radius 2 is 1.86 bits per heavy atom. The van der Waals surface area contributed by atoms with Gasteiger partial charge in [0.05, 0.1) is 11.3 Å². The summed E-state index contributed by atoms with van der Waals surface area (Å²) in [5.41, 5.74) is 2.38. The predicted molar refractivity (Wildman–Crippen MR) is 86.4 cm³/mol. The van der Waals surface area contributed by atoms with Crippen LogP contribution in [-0.2, 0) is 4.79 Å². The zero-order valence-corrected chi connectivity index (χ0v) is 12.6. The Labute approximate surface area is 136 Å². The molecule has 0 unspecified atom stereocenters. The summed E-state index contributed by atoms with van der Waals surface area (Å²) >= 11 is 11.8. The second-order valence-electron chi connectivity index (χ2n) is 4.78. The molecule has 0 aliphatic carbocycles. The van der Waals surface area contributed by atoms with Crippen LogP contribution in [0.4, 0.5) is 5.69 Å². The van der Waals surface area contributed by atoms with Gasteiger partial charge in [-0.15, -0.1) is 0 Å². The number of hydrogen-bond donors (Lipinski definition) is 2. The van der Waals surface area contributed by atoms with Crippen molar-refractivity contribution in [3.63, 3.8) is 0 Å². The highest BCUT2D eigenvalue weighted by Crippen LogP contribution is 2.35. The monoisotopic (exact) mass is 333 g/mol. The van der Waals surface area contributed by atoms with Crippen molar-refractivity contribution in [2.24, 2.45) is 0 Å². The number of halogens is 2. The lowest BCUT2D eigenvalue weighted by atomic mass is 10.0. The second-order valence-corrected chi connectivity index (χ2v) is 5.65. The van der Waals surface area contributed by atoms with E-state index in [1.54, 1.807) is 30.3 Å². The van der Waals surface area contributed by atoms with Crippen molar-refractivity contribution in [3.8, 4) is 0 Å². The SMILES string of the molecule is O=C1Nc2cc(Cl)ccc2C1=Cc1cc(Cl)cc(C(=O)O)c1. The molecule has 3 rings (SSSR count). The van der Waals surface area contributed by atoms with Crippen LogP contribution < -0.4 is 5.32 Å². The van der Waals surface area contributed by atoms with Crippen molar-refractivity contribution in [2.75, 3.05) is 5.32 Å². The Kier molecular flexibility index (Phi) is 3.64. The van der Waals surface area contributed by atoms with Gasteiger partial charge in [0.15, 0.2) is 0 Å². The third-order valence-electron chi connectivity index (χ3n) is 3.24. The van der Waals surface area contributed by atoms with Gasteiger partial charge in [-0.05, 0) is 42.0 Å².